The van der Waals surface area contributed by atoms with Crippen LogP contribution in [0.25, 0.3) is 5.76 Å². The number of thiophene rings is 1. The summed E-state index contributed by atoms with van der Waals surface area (Å²) in [5.41, 5.74) is 0.540. The molecule has 2 heterocycles. The maximum Gasteiger partial charge on any atom is 0.300 e. The fourth-order valence-electron chi connectivity index (χ4n) is 3.22. The van der Waals surface area contributed by atoms with Gasteiger partial charge in [0.2, 0.25) is 0 Å². The van der Waals surface area contributed by atoms with Crippen molar-refractivity contribution in [1.82, 2.24) is 0 Å². The first-order valence-corrected chi connectivity index (χ1v) is 10.1. The molecule has 1 unspecified atom stereocenters. The molecule has 0 bridgehead atoms. The second-order valence-electron chi connectivity index (χ2n) is 6.29. The van der Waals surface area contributed by atoms with Gasteiger partial charge in [0.1, 0.15) is 17.6 Å². The van der Waals surface area contributed by atoms with E-state index in [1.54, 1.807) is 17.5 Å². The molecule has 146 valence electrons. The molecule has 0 spiro atoms. The van der Waals surface area contributed by atoms with E-state index in [9.17, 15) is 19.1 Å². The fraction of sp³-hybridized carbons (Fsp3) is 0.0476. The molecule has 4 nitrogen and oxygen atoms in total. The summed E-state index contributed by atoms with van der Waals surface area (Å²) in [7, 11) is 0. The zero-order valence-electron chi connectivity index (χ0n) is 14.6. The second kappa shape index (κ2) is 7.63. The summed E-state index contributed by atoms with van der Waals surface area (Å²) >= 11 is 13.3. The summed E-state index contributed by atoms with van der Waals surface area (Å²) in [6.45, 7) is 0. The molecule has 1 aliphatic heterocycles. The minimum absolute atomic E-state index is 0.0693. The van der Waals surface area contributed by atoms with E-state index >= 15 is 0 Å². The van der Waals surface area contributed by atoms with E-state index in [1.807, 2.05) is 0 Å². The van der Waals surface area contributed by atoms with E-state index in [0.717, 1.165) is 0 Å². The summed E-state index contributed by atoms with van der Waals surface area (Å²) in [4.78, 5) is 27.7. The normalized spacial score (nSPS) is 18.4. The lowest BCUT2D eigenvalue weighted by molar-refractivity contribution is -0.132. The van der Waals surface area contributed by atoms with Gasteiger partial charge in [0.05, 0.1) is 15.6 Å². The number of Topliss-reactive ketones (excluding diaryl/α,β-unsaturated/α-hetero) is 1. The standard InChI is InChI=1S/C21H12Cl2FNO3S/c22-14-8-3-11(10-15(14)23)19(26)17-18(16-2-1-9-29-16)25(21(28)20(17)27)13-6-4-12(24)5-7-13/h1-10,18,26H/b19-17-. The Hall–Kier alpha value is -2.67. The number of hydrogen-bond donors (Lipinski definition) is 1. The van der Waals surface area contributed by atoms with Gasteiger partial charge in [-0.1, -0.05) is 29.3 Å². The van der Waals surface area contributed by atoms with E-state index in [1.165, 1.54) is 58.7 Å². The SMILES string of the molecule is O=C1C(=O)N(c2ccc(F)cc2)C(c2cccs2)/C1=C(/O)c1ccc(Cl)c(Cl)c1. The van der Waals surface area contributed by atoms with E-state index in [4.69, 9.17) is 23.2 Å². The molecule has 1 N–H and O–H groups in total. The molecular weight excluding hydrogens is 436 g/mol. The molecule has 1 aliphatic rings. The highest BCUT2D eigenvalue weighted by Crippen LogP contribution is 2.43. The van der Waals surface area contributed by atoms with Crippen molar-refractivity contribution in [3.8, 4) is 0 Å². The first-order chi connectivity index (χ1) is 13.9. The first kappa shape index (κ1) is 19.6. The van der Waals surface area contributed by atoms with Crippen LogP contribution in [0.4, 0.5) is 10.1 Å². The number of ketones is 1. The molecule has 1 atom stereocenters. The van der Waals surface area contributed by atoms with Crippen molar-refractivity contribution in [2.75, 3.05) is 4.90 Å². The highest BCUT2D eigenvalue weighted by molar-refractivity contribution is 7.10. The quantitative estimate of drug-likeness (QED) is 0.312. The van der Waals surface area contributed by atoms with Crippen molar-refractivity contribution in [2.45, 2.75) is 6.04 Å². The van der Waals surface area contributed by atoms with Crippen molar-refractivity contribution in [3.05, 3.63) is 91.9 Å². The number of carbonyl (C=O) groups is 2. The molecule has 1 saturated heterocycles. The summed E-state index contributed by atoms with van der Waals surface area (Å²) in [6.07, 6.45) is 0. The lowest BCUT2D eigenvalue weighted by atomic mass is 9.99. The Morgan fingerprint density at radius 1 is 1.03 bits per heavy atom. The van der Waals surface area contributed by atoms with Crippen LogP contribution in [0.1, 0.15) is 16.5 Å². The maximum atomic E-state index is 13.4. The van der Waals surface area contributed by atoms with Gasteiger partial charge < -0.3 is 5.11 Å². The Morgan fingerprint density at radius 2 is 1.76 bits per heavy atom. The molecule has 29 heavy (non-hydrogen) atoms. The van der Waals surface area contributed by atoms with Crippen LogP contribution in [0.15, 0.2) is 65.6 Å². The highest BCUT2D eigenvalue weighted by Gasteiger charge is 2.47. The summed E-state index contributed by atoms with van der Waals surface area (Å²) in [6, 6.07) is 12.4. The molecule has 0 aliphatic carbocycles. The number of hydrogen-bond acceptors (Lipinski definition) is 4. The van der Waals surface area contributed by atoms with Crippen LogP contribution in [-0.2, 0) is 9.59 Å². The van der Waals surface area contributed by atoms with Gasteiger partial charge in [-0.3, -0.25) is 14.5 Å². The molecule has 0 radical (unpaired) electrons. The van der Waals surface area contributed by atoms with Gasteiger partial charge >= 0.3 is 0 Å². The number of halogens is 3. The number of rotatable bonds is 3. The van der Waals surface area contributed by atoms with Crippen molar-refractivity contribution < 1.29 is 19.1 Å². The number of benzene rings is 2. The average Bonchev–Trinajstić information content (AvgIpc) is 3.32. The van der Waals surface area contributed by atoms with Gasteiger partial charge in [0, 0.05) is 16.1 Å². The summed E-state index contributed by atoms with van der Waals surface area (Å²) < 4.78 is 13.4. The Bertz CT molecular complexity index is 1140. The molecule has 0 saturated carbocycles. The third kappa shape index (κ3) is 3.44. The molecular formula is C21H12Cl2FNO3S. The van der Waals surface area contributed by atoms with E-state index in [2.05, 4.69) is 0 Å². The van der Waals surface area contributed by atoms with E-state index in [0.29, 0.717) is 15.6 Å². The Morgan fingerprint density at radius 3 is 2.38 bits per heavy atom. The molecule has 1 fully saturated rings. The van der Waals surface area contributed by atoms with Crippen molar-refractivity contribution >= 4 is 57.7 Å². The van der Waals surface area contributed by atoms with Gasteiger partial charge in [-0.15, -0.1) is 11.3 Å². The van der Waals surface area contributed by atoms with Crippen LogP contribution in [-0.4, -0.2) is 16.8 Å². The third-order valence-corrected chi connectivity index (χ3v) is 6.22. The van der Waals surface area contributed by atoms with Gasteiger partial charge in [-0.2, -0.15) is 0 Å². The largest absolute Gasteiger partial charge is 0.507 e. The van der Waals surface area contributed by atoms with Gasteiger partial charge in [0.25, 0.3) is 11.7 Å². The minimum Gasteiger partial charge on any atom is -0.507 e. The molecule has 1 amide bonds. The lowest BCUT2D eigenvalue weighted by Gasteiger charge is -2.24. The second-order valence-corrected chi connectivity index (χ2v) is 8.08. The van der Waals surface area contributed by atoms with Crippen molar-refractivity contribution in [1.29, 1.82) is 0 Å². The maximum absolute atomic E-state index is 13.4. The van der Waals surface area contributed by atoms with Gasteiger partial charge in [-0.05, 0) is 53.9 Å². The van der Waals surface area contributed by atoms with Crippen LogP contribution in [0, 0.1) is 5.82 Å². The Balaban J connectivity index is 1.92. The average molecular weight is 448 g/mol. The smallest absolute Gasteiger partial charge is 0.300 e. The monoisotopic (exact) mass is 447 g/mol. The Labute approximate surface area is 179 Å². The van der Waals surface area contributed by atoms with Crippen molar-refractivity contribution in [2.24, 2.45) is 0 Å². The predicted molar refractivity (Wildman–Crippen MR) is 112 cm³/mol. The van der Waals surface area contributed by atoms with Crippen LogP contribution in [0.3, 0.4) is 0 Å². The van der Waals surface area contributed by atoms with Crippen LogP contribution in [0.5, 0.6) is 0 Å². The fourth-order valence-corrected chi connectivity index (χ4v) is 4.34. The Kier molecular flexibility index (Phi) is 5.17. The topological polar surface area (TPSA) is 57.6 Å². The number of aliphatic hydroxyl groups excluding tert-OH is 1. The molecule has 4 rings (SSSR count). The summed E-state index contributed by atoms with van der Waals surface area (Å²) in [5.74, 6) is -2.47. The first-order valence-electron chi connectivity index (χ1n) is 8.44. The molecule has 8 heteroatoms. The van der Waals surface area contributed by atoms with E-state index < -0.39 is 23.5 Å². The van der Waals surface area contributed by atoms with Crippen molar-refractivity contribution in [3.63, 3.8) is 0 Å². The highest BCUT2D eigenvalue weighted by atomic mass is 35.5. The van der Waals surface area contributed by atoms with Gasteiger partial charge in [0.15, 0.2) is 0 Å². The zero-order valence-corrected chi connectivity index (χ0v) is 16.9. The minimum atomic E-state index is -0.852. The number of anilines is 1. The number of amides is 1. The third-order valence-electron chi connectivity index (χ3n) is 4.55. The molecule has 3 aromatic rings. The molecule has 1 aromatic heterocycles. The van der Waals surface area contributed by atoms with Crippen LogP contribution < -0.4 is 4.90 Å². The predicted octanol–water partition coefficient (Wildman–Crippen LogP) is 5.82. The zero-order chi connectivity index (χ0) is 20.7. The number of aliphatic hydroxyl groups is 1. The summed E-state index contributed by atoms with van der Waals surface area (Å²) in [5, 5.41) is 13.2. The lowest BCUT2D eigenvalue weighted by Crippen LogP contribution is -2.29. The van der Waals surface area contributed by atoms with E-state index in [-0.39, 0.29) is 21.9 Å². The van der Waals surface area contributed by atoms with Crippen LogP contribution >= 0.6 is 34.5 Å². The van der Waals surface area contributed by atoms with Gasteiger partial charge in [-0.25, -0.2) is 4.39 Å². The van der Waals surface area contributed by atoms with Crippen LogP contribution in [0.2, 0.25) is 10.0 Å². The number of nitrogens with zero attached hydrogens (tertiary/aromatic N) is 1. The number of carbonyl (C=O) groups excluding carboxylic acids is 2. The molecule has 2 aromatic carbocycles.